The molecule has 12 heteroatoms. The summed E-state index contributed by atoms with van der Waals surface area (Å²) in [4.78, 5) is 41.1. The quantitative estimate of drug-likeness (QED) is 0.395. The Morgan fingerprint density at radius 2 is 1.43 bits per heavy atom. The van der Waals surface area contributed by atoms with E-state index in [-0.39, 0.29) is 18.8 Å². The summed E-state index contributed by atoms with van der Waals surface area (Å²) in [6.07, 6.45) is -0.220. The zero-order chi connectivity index (χ0) is 15.7. The normalized spacial score (nSPS) is 41.9. The summed E-state index contributed by atoms with van der Waals surface area (Å²) >= 11 is 0. The standard InChI is InChI=1S/C9H10N4O8/c14-10(15)7-5-1-4-2-6(5)9(12(18)19,13(20)21)8(7,3-4)11(16)17/h4-7H,1-3H2. The molecule has 0 heterocycles. The maximum atomic E-state index is 11.5. The first-order valence-corrected chi connectivity index (χ1v) is 6.28. The van der Waals surface area contributed by atoms with Crippen molar-refractivity contribution in [1.29, 1.82) is 0 Å². The van der Waals surface area contributed by atoms with E-state index in [0.29, 0.717) is 0 Å². The zero-order valence-corrected chi connectivity index (χ0v) is 10.5. The molecule has 0 N–H and O–H groups in total. The van der Waals surface area contributed by atoms with Crippen LogP contribution in [0.3, 0.4) is 0 Å². The van der Waals surface area contributed by atoms with Crippen molar-refractivity contribution < 1.29 is 19.7 Å². The topological polar surface area (TPSA) is 173 Å². The van der Waals surface area contributed by atoms with E-state index < -0.39 is 55.2 Å². The van der Waals surface area contributed by atoms with Crippen LogP contribution in [0, 0.1) is 58.2 Å². The van der Waals surface area contributed by atoms with Crippen molar-refractivity contribution in [1.82, 2.24) is 0 Å². The van der Waals surface area contributed by atoms with Crippen LogP contribution in [-0.2, 0) is 0 Å². The number of hydrogen-bond donors (Lipinski definition) is 0. The Bertz CT molecular complexity index is 578. The van der Waals surface area contributed by atoms with Crippen LogP contribution in [0.4, 0.5) is 0 Å². The summed E-state index contributed by atoms with van der Waals surface area (Å²) in [7, 11) is 0. The molecule has 12 nitrogen and oxygen atoms in total. The molecule has 0 amide bonds. The van der Waals surface area contributed by atoms with Gasteiger partial charge in [-0.2, -0.15) is 0 Å². The van der Waals surface area contributed by atoms with Crippen molar-refractivity contribution in [2.24, 2.45) is 17.8 Å². The number of nitrogens with zero attached hydrogens (tertiary/aromatic N) is 4. The van der Waals surface area contributed by atoms with Crippen molar-refractivity contribution in [2.45, 2.75) is 36.5 Å². The second kappa shape index (κ2) is 3.62. The SMILES string of the molecule is O=[N+]([O-])C1C2CC3CC2C([N+](=O)[O-])([N+](=O)[O-])C1([N+](=O)[O-])C3. The van der Waals surface area contributed by atoms with E-state index in [1.165, 1.54) is 0 Å². The first-order chi connectivity index (χ1) is 9.71. The van der Waals surface area contributed by atoms with Gasteiger partial charge in [0.1, 0.15) is 15.8 Å². The van der Waals surface area contributed by atoms with Gasteiger partial charge in [-0.25, -0.2) is 0 Å². The van der Waals surface area contributed by atoms with Crippen molar-refractivity contribution in [3.63, 3.8) is 0 Å². The van der Waals surface area contributed by atoms with Gasteiger partial charge in [0.25, 0.3) is 0 Å². The highest BCUT2D eigenvalue weighted by Gasteiger charge is 3.00. The van der Waals surface area contributed by atoms with Gasteiger partial charge in [-0.3, -0.25) is 40.5 Å². The van der Waals surface area contributed by atoms with Crippen LogP contribution in [0.1, 0.15) is 19.3 Å². The van der Waals surface area contributed by atoms with Gasteiger partial charge in [0.15, 0.2) is 0 Å². The van der Waals surface area contributed by atoms with Crippen LogP contribution in [0.15, 0.2) is 0 Å². The van der Waals surface area contributed by atoms with E-state index in [9.17, 15) is 40.5 Å². The molecular formula is C9H10N4O8. The molecule has 114 valence electrons. The Balaban J connectivity index is 2.35. The minimum atomic E-state index is -3.11. The van der Waals surface area contributed by atoms with Crippen LogP contribution in [0.25, 0.3) is 0 Å². The largest absolute Gasteiger partial charge is 0.535 e. The number of nitro groups is 4. The maximum absolute atomic E-state index is 11.5. The van der Waals surface area contributed by atoms with Crippen LogP contribution in [0.2, 0.25) is 0 Å². The van der Waals surface area contributed by atoms with Crippen LogP contribution >= 0.6 is 0 Å². The van der Waals surface area contributed by atoms with Gasteiger partial charge in [-0.15, -0.1) is 0 Å². The molecule has 0 aromatic rings. The molecule has 5 atom stereocenters. The molecule has 4 rings (SSSR count). The molecule has 0 aliphatic heterocycles. The molecular weight excluding hydrogens is 292 g/mol. The third kappa shape index (κ3) is 1.13. The molecule has 0 aromatic heterocycles. The predicted octanol–water partition coefficient (Wildman–Crippen LogP) is -0.0434. The van der Waals surface area contributed by atoms with Crippen molar-refractivity contribution in [3.8, 4) is 0 Å². The van der Waals surface area contributed by atoms with Crippen LogP contribution in [-0.4, -0.2) is 36.9 Å². The lowest BCUT2D eigenvalue weighted by Crippen LogP contribution is -2.73. The van der Waals surface area contributed by atoms with Gasteiger partial charge >= 0.3 is 17.2 Å². The second-order valence-corrected chi connectivity index (χ2v) is 5.96. The molecule has 0 spiro atoms. The average molecular weight is 302 g/mol. The third-order valence-corrected chi connectivity index (χ3v) is 5.47. The first kappa shape index (κ1) is 13.6. The Morgan fingerprint density at radius 3 is 1.86 bits per heavy atom. The van der Waals surface area contributed by atoms with Crippen molar-refractivity contribution >= 4 is 0 Å². The van der Waals surface area contributed by atoms with Crippen molar-refractivity contribution in [3.05, 3.63) is 40.5 Å². The molecule has 4 bridgehead atoms. The third-order valence-electron chi connectivity index (χ3n) is 5.47. The molecule has 0 radical (unpaired) electrons. The fourth-order valence-corrected chi connectivity index (χ4v) is 5.06. The minimum absolute atomic E-state index is 0.0621. The zero-order valence-electron chi connectivity index (χ0n) is 10.5. The first-order valence-electron chi connectivity index (χ1n) is 6.28. The maximum Gasteiger partial charge on any atom is 0.535 e. The molecule has 0 saturated heterocycles. The highest BCUT2D eigenvalue weighted by Crippen LogP contribution is 2.67. The van der Waals surface area contributed by atoms with E-state index in [1.807, 2.05) is 0 Å². The van der Waals surface area contributed by atoms with E-state index >= 15 is 0 Å². The molecule has 0 aromatic carbocycles. The Kier molecular flexibility index (Phi) is 2.34. The minimum Gasteiger partial charge on any atom is -0.264 e. The molecule has 4 fully saturated rings. The molecule has 4 aliphatic rings. The van der Waals surface area contributed by atoms with E-state index in [4.69, 9.17) is 0 Å². The monoisotopic (exact) mass is 302 g/mol. The lowest BCUT2D eigenvalue weighted by molar-refractivity contribution is -0.865. The van der Waals surface area contributed by atoms with E-state index in [0.717, 1.165) is 0 Å². The average Bonchev–Trinajstić information content (AvgIpc) is 2.73. The summed E-state index contributed by atoms with van der Waals surface area (Å²) in [5.41, 5.74) is -5.87. The predicted molar refractivity (Wildman–Crippen MR) is 61.5 cm³/mol. The van der Waals surface area contributed by atoms with Gasteiger partial charge in [-0.05, 0) is 18.8 Å². The van der Waals surface area contributed by atoms with Crippen LogP contribution in [0.5, 0.6) is 0 Å². The highest BCUT2D eigenvalue weighted by molar-refractivity contribution is 5.21. The fraction of sp³-hybridized carbons (Fsp3) is 1.00. The fourth-order valence-electron chi connectivity index (χ4n) is 5.06. The molecule has 5 unspecified atom stereocenters. The van der Waals surface area contributed by atoms with Crippen LogP contribution < -0.4 is 0 Å². The number of hydrogen-bond acceptors (Lipinski definition) is 8. The van der Waals surface area contributed by atoms with Gasteiger partial charge in [0.2, 0.25) is 0 Å². The summed E-state index contributed by atoms with van der Waals surface area (Å²) in [6, 6.07) is -1.88. The Hall–Kier alpha value is -2.40. The summed E-state index contributed by atoms with van der Waals surface area (Å²) in [5, 5.41) is 45.7. The van der Waals surface area contributed by atoms with Gasteiger partial charge in [0, 0.05) is 16.3 Å². The van der Waals surface area contributed by atoms with E-state index in [1.54, 1.807) is 0 Å². The summed E-state index contributed by atoms with van der Waals surface area (Å²) in [5.74, 6) is -2.54. The van der Waals surface area contributed by atoms with Crippen molar-refractivity contribution in [2.75, 3.05) is 0 Å². The summed E-state index contributed by atoms with van der Waals surface area (Å²) in [6.45, 7) is 0. The second-order valence-electron chi connectivity index (χ2n) is 5.96. The van der Waals surface area contributed by atoms with E-state index in [2.05, 4.69) is 0 Å². The Morgan fingerprint density at radius 1 is 0.857 bits per heavy atom. The lowest BCUT2D eigenvalue weighted by Gasteiger charge is -2.34. The molecule has 21 heavy (non-hydrogen) atoms. The smallest absolute Gasteiger partial charge is 0.264 e. The molecule has 4 saturated carbocycles. The molecule has 4 aliphatic carbocycles. The Labute approximate surface area is 115 Å². The van der Waals surface area contributed by atoms with Gasteiger partial charge in [0.05, 0.1) is 5.92 Å². The number of rotatable bonds is 4. The van der Waals surface area contributed by atoms with Gasteiger partial charge < -0.3 is 0 Å². The van der Waals surface area contributed by atoms with Gasteiger partial charge in [-0.1, -0.05) is 0 Å². The lowest BCUT2D eigenvalue weighted by atomic mass is 9.68. The summed E-state index contributed by atoms with van der Waals surface area (Å²) < 4.78 is 0. The highest BCUT2D eigenvalue weighted by atomic mass is 16.7.